The van der Waals surface area contributed by atoms with E-state index in [2.05, 4.69) is 29.2 Å². The molecule has 6 heteroatoms. The lowest BCUT2D eigenvalue weighted by Crippen LogP contribution is -2.41. The van der Waals surface area contributed by atoms with E-state index in [1.165, 1.54) is 5.56 Å². The van der Waals surface area contributed by atoms with Gasteiger partial charge in [0, 0.05) is 44.8 Å². The average molecular weight is 313 g/mol. The van der Waals surface area contributed by atoms with Gasteiger partial charge in [0.25, 0.3) is 0 Å². The number of hydrogen-bond acceptors (Lipinski definition) is 3. The molecular weight excluding hydrogens is 288 g/mol. The number of aromatic nitrogens is 2. The van der Waals surface area contributed by atoms with Crippen molar-refractivity contribution in [3.8, 4) is 0 Å². The van der Waals surface area contributed by atoms with Crippen LogP contribution in [0.15, 0.2) is 12.4 Å². The Hall–Kier alpha value is -1.07. The van der Waals surface area contributed by atoms with Gasteiger partial charge in [-0.05, 0) is 24.8 Å². The van der Waals surface area contributed by atoms with Crippen LogP contribution in [0.2, 0.25) is 0 Å². The summed E-state index contributed by atoms with van der Waals surface area (Å²) in [7, 11) is 1.92. The van der Waals surface area contributed by atoms with Crippen LogP contribution in [0.1, 0.15) is 31.7 Å². The molecule has 0 saturated carbocycles. The van der Waals surface area contributed by atoms with Crippen LogP contribution in [0.4, 0.5) is 0 Å². The van der Waals surface area contributed by atoms with Crippen molar-refractivity contribution in [2.45, 2.75) is 32.2 Å². The van der Waals surface area contributed by atoms with Crippen LogP contribution in [0.25, 0.3) is 0 Å². The number of rotatable bonds is 2. The Labute approximate surface area is 132 Å². The molecule has 5 nitrogen and oxygen atoms in total. The molecule has 2 saturated heterocycles. The van der Waals surface area contributed by atoms with Gasteiger partial charge in [0.15, 0.2) is 0 Å². The van der Waals surface area contributed by atoms with Crippen molar-refractivity contribution in [3.63, 3.8) is 0 Å². The lowest BCUT2D eigenvalue weighted by molar-refractivity contribution is -0.136. The summed E-state index contributed by atoms with van der Waals surface area (Å²) in [6, 6.07) is 0.373. The highest BCUT2D eigenvalue weighted by Gasteiger charge is 2.40. The van der Waals surface area contributed by atoms with Gasteiger partial charge in [0.2, 0.25) is 5.91 Å². The predicted octanol–water partition coefficient (Wildman–Crippen LogP) is 1.40. The SMILES string of the molecule is CC1CCN(C(=O)[C@H]2CNC[C@@H]2c2cnn(C)c2)C1C.Cl. The van der Waals surface area contributed by atoms with Crippen LogP contribution >= 0.6 is 12.4 Å². The molecule has 0 radical (unpaired) electrons. The first-order valence-electron chi connectivity index (χ1n) is 7.57. The highest BCUT2D eigenvalue weighted by molar-refractivity contribution is 5.85. The minimum atomic E-state index is 0. The number of nitrogens with one attached hydrogen (secondary N) is 1. The van der Waals surface area contributed by atoms with Crippen LogP contribution in [0, 0.1) is 11.8 Å². The topological polar surface area (TPSA) is 50.2 Å². The van der Waals surface area contributed by atoms with Crippen molar-refractivity contribution in [3.05, 3.63) is 18.0 Å². The highest BCUT2D eigenvalue weighted by Crippen LogP contribution is 2.32. The number of carbonyl (C=O) groups excluding carboxylic acids is 1. The number of hydrogen-bond donors (Lipinski definition) is 1. The highest BCUT2D eigenvalue weighted by atomic mass is 35.5. The first-order chi connectivity index (χ1) is 9.58. The first-order valence-corrected chi connectivity index (χ1v) is 7.57. The molecule has 118 valence electrons. The normalized spacial score (nSPS) is 32.2. The van der Waals surface area contributed by atoms with Crippen molar-refractivity contribution in [1.29, 1.82) is 0 Å². The van der Waals surface area contributed by atoms with Crippen LogP contribution in [-0.2, 0) is 11.8 Å². The number of likely N-dealkylation sites (tertiary alicyclic amines) is 1. The monoisotopic (exact) mass is 312 g/mol. The maximum atomic E-state index is 12.9. The van der Waals surface area contributed by atoms with Crippen molar-refractivity contribution >= 4 is 18.3 Å². The van der Waals surface area contributed by atoms with Gasteiger partial charge >= 0.3 is 0 Å². The number of nitrogens with zero attached hydrogens (tertiary/aromatic N) is 3. The zero-order valence-corrected chi connectivity index (χ0v) is 13.8. The number of halogens is 1. The van der Waals surface area contributed by atoms with Gasteiger partial charge < -0.3 is 10.2 Å². The van der Waals surface area contributed by atoms with Crippen LogP contribution < -0.4 is 5.32 Å². The third-order valence-electron chi connectivity index (χ3n) is 5.11. The Bertz CT molecular complexity index is 504. The summed E-state index contributed by atoms with van der Waals surface area (Å²) >= 11 is 0. The van der Waals surface area contributed by atoms with E-state index < -0.39 is 0 Å². The molecule has 2 unspecified atom stereocenters. The van der Waals surface area contributed by atoms with Crippen molar-refractivity contribution in [1.82, 2.24) is 20.0 Å². The van der Waals surface area contributed by atoms with Gasteiger partial charge in [-0.25, -0.2) is 0 Å². The zero-order valence-electron chi connectivity index (χ0n) is 13.0. The van der Waals surface area contributed by atoms with Gasteiger partial charge in [-0.1, -0.05) is 6.92 Å². The minimum Gasteiger partial charge on any atom is -0.339 e. The molecule has 1 aromatic heterocycles. The van der Waals surface area contributed by atoms with E-state index >= 15 is 0 Å². The summed E-state index contributed by atoms with van der Waals surface area (Å²) in [5.41, 5.74) is 1.18. The molecule has 0 spiro atoms. The fourth-order valence-corrected chi connectivity index (χ4v) is 3.54. The minimum absolute atomic E-state index is 0. The van der Waals surface area contributed by atoms with E-state index in [1.54, 1.807) is 0 Å². The zero-order chi connectivity index (χ0) is 14.3. The maximum absolute atomic E-state index is 12.9. The molecule has 1 N–H and O–H groups in total. The second-order valence-electron chi connectivity index (χ2n) is 6.36. The molecular formula is C15H25ClN4O. The van der Waals surface area contributed by atoms with Crippen LogP contribution in [0.5, 0.6) is 0 Å². The molecule has 2 aliphatic rings. The van der Waals surface area contributed by atoms with Gasteiger partial charge in [0.05, 0.1) is 12.1 Å². The summed E-state index contributed by atoms with van der Waals surface area (Å²) in [5, 5.41) is 7.62. The Morgan fingerprint density at radius 3 is 2.71 bits per heavy atom. The molecule has 0 aliphatic carbocycles. The summed E-state index contributed by atoms with van der Waals surface area (Å²) in [6.45, 7) is 6.99. The molecule has 1 amide bonds. The number of carbonyl (C=O) groups is 1. The average Bonchev–Trinajstić information content (AvgIpc) is 3.11. The van der Waals surface area contributed by atoms with Crippen LogP contribution in [-0.4, -0.2) is 46.3 Å². The largest absolute Gasteiger partial charge is 0.339 e. The van der Waals surface area contributed by atoms with Crippen LogP contribution in [0.3, 0.4) is 0 Å². The lowest BCUT2D eigenvalue weighted by atomic mass is 9.89. The Kier molecular flexibility index (Phi) is 4.94. The summed E-state index contributed by atoms with van der Waals surface area (Å²) in [5.74, 6) is 1.26. The Balaban J connectivity index is 0.00000161. The van der Waals surface area contributed by atoms with E-state index in [-0.39, 0.29) is 24.2 Å². The lowest BCUT2D eigenvalue weighted by Gasteiger charge is -2.28. The third kappa shape index (κ3) is 2.94. The molecule has 0 aromatic carbocycles. The molecule has 3 rings (SSSR count). The Morgan fingerprint density at radius 2 is 2.14 bits per heavy atom. The van der Waals surface area contributed by atoms with Crippen molar-refractivity contribution in [2.24, 2.45) is 18.9 Å². The summed E-state index contributed by atoms with van der Waals surface area (Å²) in [4.78, 5) is 14.9. The van der Waals surface area contributed by atoms with Gasteiger partial charge in [-0.15, -0.1) is 12.4 Å². The fraction of sp³-hybridized carbons (Fsp3) is 0.733. The number of aryl methyl sites for hydroxylation is 1. The molecule has 3 heterocycles. The smallest absolute Gasteiger partial charge is 0.227 e. The quantitative estimate of drug-likeness (QED) is 0.898. The van der Waals surface area contributed by atoms with Gasteiger partial charge in [0.1, 0.15) is 0 Å². The maximum Gasteiger partial charge on any atom is 0.227 e. The molecule has 4 atom stereocenters. The van der Waals surface area contributed by atoms with Gasteiger partial charge in [-0.2, -0.15) is 5.10 Å². The standard InChI is InChI=1S/C15H24N4O.ClH/c1-10-4-5-19(11(10)2)15(20)14-8-16-7-13(14)12-6-17-18(3)9-12;/h6,9-11,13-14,16H,4-5,7-8H2,1-3H3;1H/t10?,11?,13-,14+;/m1./s1. The molecule has 21 heavy (non-hydrogen) atoms. The molecule has 2 fully saturated rings. The second kappa shape index (κ2) is 6.36. The van der Waals surface area contributed by atoms with Crippen molar-refractivity contribution in [2.75, 3.05) is 19.6 Å². The van der Waals surface area contributed by atoms with E-state index in [4.69, 9.17) is 0 Å². The first kappa shape index (κ1) is 16.3. The molecule has 0 bridgehead atoms. The second-order valence-corrected chi connectivity index (χ2v) is 6.36. The summed E-state index contributed by atoms with van der Waals surface area (Å²) < 4.78 is 1.82. The van der Waals surface area contributed by atoms with E-state index in [0.717, 1.165) is 26.1 Å². The number of amides is 1. The van der Waals surface area contributed by atoms with Gasteiger partial charge in [-0.3, -0.25) is 9.48 Å². The molecule has 2 aliphatic heterocycles. The molecule has 1 aromatic rings. The predicted molar refractivity (Wildman–Crippen MR) is 84.5 cm³/mol. The summed E-state index contributed by atoms with van der Waals surface area (Å²) in [6.07, 6.45) is 5.06. The Morgan fingerprint density at radius 1 is 1.38 bits per heavy atom. The fourth-order valence-electron chi connectivity index (χ4n) is 3.54. The van der Waals surface area contributed by atoms with Crippen molar-refractivity contribution < 1.29 is 4.79 Å². The van der Waals surface area contributed by atoms with E-state index in [0.29, 0.717) is 17.9 Å². The third-order valence-corrected chi connectivity index (χ3v) is 5.11. The van der Waals surface area contributed by atoms with E-state index in [9.17, 15) is 4.79 Å². The van der Waals surface area contributed by atoms with E-state index in [1.807, 2.05) is 24.1 Å².